The van der Waals surface area contributed by atoms with Gasteiger partial charge in [-0.15, -0.1) is 0 Å². The smallest absolute Gasteiger partial charge is 0.0733 e. The summed E-state index contributed by atoms with van der Waals surface area (Å²) in [6.45, 7) is 5.73. The van der Waals surface area contributed by atoms with Crippen LogP contribution in [-0.2, 0) is 0 Å². The van der Waals surface area contributed by atoms with Gasteiger partial charge in [0.1, 0.15) is 0 Å². The number of rotatable bonds is 1. The molecule has 1 aromatic rings. The summed E-state index contributed by atoms with van der Waals surface area (Å²) in [4.78, 5) is 0. The van der Waals surface area contributed by atoms with Crippen LogP contribution in [0.1, 0.15) is 31.7 Å². The highest BCUT2D eigenvalue weighted by molar-refractivity contribution is 5.21. The van der Waals surface area contributed by atoms with Gasteiger partial charge in [-0.3, -0.25) is 0 Å². The first-order chi connectivity index (χ1) is 7.38. The molecular weight excluding hydrogens is 186 g/mol. The van der Waals surface area contributed by atoms with Gasteiger partial charge >= 0.3 is 0 Å². The molecule has 0 spiro atoms. The van der Waals surface area contributed by atoms with Crippen LogP contribution < -0.4 is 5.32 Å². The van der Waals surface area contributed by atoms with E-state index in [9.17, 15) is 5.11 Å². The Labute approximate surface area is 92.3 Å². The summed E-state index contributed by atoms with van der Waals surface area (Å²) in [6.07, 6.45) is 0.807. The van der Waals surface area contributed by atoms with Gasteiger partial charge in [-0.05, 0) is 18.5 Å². The summed E-state index contributed by atoms with van der Waals surface area (Å²) in [5, 5.41) is 12.9. The van der Waals surface area contributed by atoms with Crippen LogP contribution in [0.2, 0.25) is 0 Å². The lowest BCUT2D eigenvalue weighted by atomic mass is 9.88. The molecule has 0 aliphatic carbocycles. The molecule has 1 aliphatic heterocycles. The molecular formula is C13H21NO. The zero-order valence-electron chi connectivity index (χ0n) is 9.61. The first kappa shape index (κ1) is 12.2. The third-order valence-electron chi connectivity index (χ3n) is 2.68. The molecule has 84 valence electrons. The fourth-order valence-corrected chi connectivity index (χ4v) is 1.93. The van der Waals surface area contributed by atoms with E-state index in [1.54, 1.807) is 0 Å². The first-order valence-corrected chi connectivity index (χ1v) is 5.81. The molecule has 0 aromatic heterocycles. The molecule has 0 radical (unpaired) electrons. The van der Waals surface area contributed by atoms with E-state index in [0.717, 1.165) is 19.5 Å². The molecule has 2 nitrogen and oxygen atoms in total. The molecule has 1 aromatic carbocycles. The van der Waals surface area contributed by atoms with Crippen molar-refractivity contribution in [3.63, 3.8) is 0 Å². The summed E-state index contributed by atoms with van der Waals surface area (Å²) >= 11 is 0. The van der Waals surface area contributed by atoms with Crippen molar-refractivity contribution < 1.29 is 5.11 Å². The van der Waals surface area contributed by atoms with Crippen LogP contribution in [0.25, 0.3) is 0 Å². The molecule has 1 fully saturated rings. The Morgan fingerprint density at radius 2 is 1.87 bits per heavy atom. The molecule has 2 atom stereocenters. The van der Waals surface area contributed by atoms with Crippen molar-refractivity contribution in [3.8, 4) is 0 Å². The van der Waals surface area contributed by atoms with Crippen LogP contribution in [0.3, 0.4) is 0 Å². The van der Waals surface area contributed by atoms with Crippen molar-refractivity contribution in [2.24, 2.45) is 0 Å². The highest BCUT2D eigenvalue weighted by atomic mass is 16.3. The number of benzene rings is 1. The predicted octanol–water partition coefficient (Wildman–Crippen LogP) is 2.15. The van der Waals surface area contributed by atoms with E-state index in [1.165, 1.54) is 5.56 Å². The maximum Gasteiger partial charge on any atom is 0.0733 e. The summed E-state index contributed by atoms with van der Waals surface area (Å²) < 4.78 is 0. The van der Waals surface area contributed by atoms with E-state index < -0.39 is 0 Å². The minimum atomic E-state index is -0.226. The quantitative estimate of drug-likeness (QED) is 0.739. The van der Waals surface area contributed by atoms with Crippen molar-refractivity contribution >= 4 is 0 Å². The van der Waals surface area contributed by atoms with Crippen LogP contribution >= 0.6 is 0 Å². The lowest BCUT2D eigenvalue weighted by molar-refractivity contribution is 0.118. The molecule has 1 unspecified atom stereocenters. The predicted molar refractivity (Wildman–Crippen MR) is 64.0 cm³/mol. The number of aliphatic hydroxyl groups excluding tert-OH is 1. The van der Waals surface area contributed by atoms with Gasteiger partial charge in [0.15, 0.2) is 0 Å². The number of piperidine rings is 1. The monoisotopic (exact) mass is 207 g/mol. The molecule has 1 heterocycles. The second kappa shape index (κ2) is 6.59. The molecule has 1 aliphatic rings. The lowest BCUT2D eigenvalue weighted by Crippen LogP contribution is -2.39. The number of hydrogen-bond donors (Lipinski definition) is 2. The van der Waals surface area contributed by atoms with Gasteiger partial charge in [0.2, 0.25) is 0 Å². The number of nitrogens with one attached hydrogen (secondary N) is 1. The minimum absolute atomic E-state index is 0.226. The van der Waals surface area contributed by atoms with Crippen LogP contribution in [0.15, 0.2) is 30.3 Å². The Balaban J connectivity index is 0.000000531. The SMILES string of the molecule is CC.OC1CNCC[C@H]1c1ccccc1. The molecule has 0 amide bonds. The van der Waals surface area contributed by atoms with Gasteiger partial charge in [0, 0.05) is 12.5 Å². The van der Waals surface area contributed by atoms with Gasteiger partial charge in [-0.25, -0.2) is 0 Å². The topological polar surface area (TPSA) is 32.3 Å². The van der Waals surface area contributed by atoms with Crippen molar-refractivity contribution in [1.29, 1.82) is 0 Å². The largest absolute Gasteiger partial charge is 0.391 e. The minimum Gasteiger partial charge on any atom is -0.391 e. The molecule has 1 saturated heterocycles. The summed E-state index contributed by atoms with van der Waals surface area (Å²) in [7, 11) is 0. The van der Waals surface area contributed by atoms with Crippen LogP contribution in [-0.4, -0.2) is 24.3 Å². The Bertz CT molecular complexity index is 260. The Morgan fingerprint density at radius 3 is 2.47 bits per heavy atom. The van der Waals surface area contributed by atoms with Crippen LogP contribution in [0.4, 0.5) is 0 Å². The average molecular weight is 207 g/mol. The normalized spacial score (nSPS) is 25.3. The number of β-amino-alcohol motifs (C(OH)–C–C–N with tert-alkyl or cyclic N) is 1. The standard InChI is InChI=1S/C11H15NO.C2H6/c13-11-8-12-7-6-10(11)9-4-2-1-3-5-9;1-2/h1-5,10-13H,6-8H2;1-2H3/t10-,11?;/m0./s1. The molecule has 15 heavy (non-hydrogen) atoms. The molecule has 0 saturated carbocycles. The lowest BCUT2D eigenvalue weighted by Gasteiger charge is -2.28. The summed E-state index contributed by atoms with van der Waals surface area (Å²) in [5.74, 6) is 0.322. The van der Waals surface area contributed by atoms with Gasteiger partial charge in [-0.1, -0.05) is 44.2 Å². The zero-order chi connectivity index (χ0) is 11.1. The third kappa shape index (κ3) is 3.33. The third-order valence-corrected chi connectivity index (χ3v) is 2.68. The zero-order valence-corrected chi connectivity index (χ0v) is 9.61. The maximum absolute atomic E-state index is 9.76. The first-order valence-electron chi connectivity index (χ1n) is 5.81. The Kier molecular flexibility index (Phi) is 5.37. The molecule has 2 rings (SSSR count). The van der Waals surface area contributed by atoms with E-state index >= 15 is 0 Å². The van der Waals surface area contributed by atoms with Gasteiger partial charge in [0.25, 0.3) is 0 Å². The summed E-state index contributed by atoms with van der Waals surface area (Å²) in [5.41, 5.74) is 1.26. The van der Waals surface area contributed by atoms with E-state index in [4.69, 9.17) is 0 Å². The van der Waals surface area contributed by atoms with Gasteiger partial charge in [0.05, 0.1) is 6.10 Å². The van der Waals surface area contributed by atoms with Gasteiger partial charge in [-0.2, -0.15) is 0 Å². The fraction of sp³-hybridized carbons (Fsp3) is 0.538. The van der Waals surface area contributed by atoms with E-state index in [1.807, 2.05) is 32.0 Å². The van der Waals surface area contributed by atoms with Crippen molar-refractivity contribution in [1.82, 2.24) is 5.32 Å². The van der Waals surface area contributed by atoms with E-state index in [-0.39, 0.29) is 6.10 Å². The Hall–Kier alpha value is -0.860. The highest BCUT2D eigenvalue weighted by Crippen LogP contribution is 2.24. The Morgan fingerprint density at radius 1 is 1.20 bits per heavy atom. The van der Waals surface area contributed by atoms with E-state index in [2.05, 4.69) is 17.4 Å². The van der Waals surface area contributed by atoms with E-state index in [0.29, 0.717) is 5.92 Å². The number of aliphatic hydroxyl groups is 1. The molecule has 0 bridgehead atoms. The maximum atomic E-state index is 9.76. The van der Waals surface area contributed by atoms with Crippen molar-refractivity contribution in [2.75, 3.05) is 13.1 Å². The second-order valence-corrected chi connectivity index (χ2v) is 3.58. The number of hydrogen-bond acceptors (Lipinski definition) is 2. The van der Waals surface area contributed by atoms with Crippen molar-refractivity contribution in [2.45, 2.75) is 32.3 Å². The molecule has 2 heteroatoms. The molecule has 2 N–H and O–H groups in total. The van der Waals surface area contributed by atoms with Crippen LogP contribution in [0, 0.1) is 0 Å². The fourth-order valence-electron chi connectivity index (χ4n) is 1.93. The van der Waals surface area contributed by atoms with Crippen molar-refractivity contribution in [3.05, 3.63) is 35.9 Å². The van der Waals surface area contributed by atoms with Gasteiger partial charge < -0.3 is 10.4 Å². The average Bonchev–Trinajstić information content (AvgIpc) is 2.33. The highest BCUT2D eigenvalue weighted by Gasteiger charge is 2.23. The van der Waals surface area contributed by atoms with Crippen LogP contribution in [0.5, 0.6) is 0 Å². The summed E-state index contributed by atoms with van der Waals surface area (Å²) in [6, 6.07) is 10.3. The second-order valence-electron chi connectivity index (χ2n) is 3.58.